The van der Waals surface area contributed by atoms with E-state index in [1.165, 1.54) is 17.0 Å². The molecule has 1 fully saturated rings. The van der Waals surface area contributed by atoms with E-state index in [0.29, 0.717) is 13.1 Å². The van der Waals surface area contributed by atoms with Gasteiger partial charge in [-0.2, -0.15) is 0 Å². The summed E-state index contributed by atoms with van der Waals surface area (Å²) in [5.74, 6) is -1.01. The average Bonchev–Trinajstić information content (AvgIpc) is 2.23. The number of carbonyl (C=O) groups excluding carboxylic acids is 1. The lowest BCUT2D eigenvalue weighted by Crippen LogP contribution is -2.71. The zero-order valence-corrected chi connectivity index (χ0v) is 10.5. The highest BCUT2D eigenvalue weighted by molar-refractivity contribution is 5.95. The first-order valence-electron chi connectivity index (χ1n) is 5.90. The molecule has 3 N–H and O–H groups in total. The highest BCUT2D eigenvalue weighted by Gasteiger charge is 2.44. The van der Waals surface area contributed by atoms with E-state index in [2.05, 4.69) is 0 Å². The lowest BCUT2D eigenvalue weighted by atomic mass is 9.80. The van der Waals surface area contributed by atoms with Crippen LogP contribution < -0.4 is 5.73 Å². The molecule has 0 bridgehead atoms. The summed E-state index contributed by atoms with van der Waals surface area (Å²) < 4.78 is 13.5. The van der Waals surface area contributed by atoms with Crippen LogP contribution in [0, 0.1) is 11.7 Å². The van der Waals surface area contributed by atoms with Crippen LogP contribution in [0.5, 0.6) is 5.75 Å². The first kappa shape index (κ1) is 12.8. The van der Waals surface area contributed by atoms with Gasteiger partial charge < -0.3 is 15.7 Å². The highest BCUT2D eigenvalue weighted by Crippen LogP contribution is 2.28. The third kappa shape index (κ3) is 2.06. The lowest BCUT2D eigenvalue weighted by molar-refractivity contribution is 0.0271. The minimum absolute atomic E-state index is 0.0291. The number of hydrogen-bond donors (Lipinski definition) is 2. The zero-order valence-electron chi connectivity index (χ0n) is 10.5. The number of phenolic OH excluding ortho intramolecular Hbond substituents is 1. The average molecular weight is 252 g/mol. The van der Waals surface area contributed by atoms with Gasteiger partial charge in [0.1, 0.15) is 11.6 Å². The van der Waals surface area contributed by atoms with E-state index in [1.807, 2.05) is 13.8 Å². The molecule has 4 nitrogen and oxygen atoms in total. The van der Waals surface area contributed by atoms with Gasteiger partial charge in [0, 0.05) is 19.2 Å². The summed E-state index contributed by atoms with van der Waals surface area (Å²) in [7, 11) is 0. The summed E-state index contributed by atoms with van der Waals surface area (Å²) in [5.41, 5.74) is 5.69. The molecule has 0 unspecified atom stereocenters. The van der Waals surface area contributed by atoms with Crippen LogP contribution in [0.25, 0.3) is 0 Å². The fraction of sp³-hybridized carbons (Fsp3) is 0.462. The van der Waals surface area contributed by atoms with Crippen LogP contribution >= 0.6 is 0 Å². The van der Waals surface area contributed by atoms with Gasteiger partial charge in [-0.15, -0.1) is 0 Å². The third-order valence-corrected chi connectivity index (χ3v) is 3.59. The molecule has 1 aromatic carbocycles. The van der Waals surface area contributed by atoms with Crippen molar-refractivity contribution in [1.29, 1.82) is 0 Å². The van der Waals surface area contributed by atoms with Crippen molar-refractivity contribution in [2.24, 2.45) is 11.7 Å². The number of aromatic hydroxyl groups is 1. The van der Waals surface area contributed by atoms with Gasteiger partial charge in [-0.3, -0.25) is 4.79 Å². The monoisotopic (exact) mass is 252 g/mol. The van der Waals surface area contributed by atoms with Crippen LogP contribution in [0.4, 0.5) is 4.39 Å². The normalized spacial score (nSPS) is 17.7. The molecular weight excluding hydrogens is 235 g/mol. The smallest absolute Gasteiger partial charge is 0.256 e. The summed E-state index contributed by atoms with van der Waals surface area (Å²) in [5, 5.41) is 9.10. The second-order valence-electron chi connectivity index (χ2n) is 5.21. The Morgan fingerprint density at radius 3 is 2.61 bits per heavy atom. The highest BCUT2D eigenvalue weighted by atomic mass is 19.1. The Hall–Kier alpha value is -1.62. The second kappa shape index (κ2) is 4.24. The molecule has 0 radical (unpaired) electrons. The largest absolute Gasteiger partial charge is 0.508 e. The molecular formula is C13H17FN2O2. The standard InChI is InChI=1S/C13H17FN2O2/c1-8(2)13(15)6-16(7-13)12(18)10-4-3-9(17)5-11(10)14/h3-5,8,17H,6-7,15H2,1-2H3. The molecule has 0 aliphatic carbocycles. The van der Waals surface area contributed by atoms with Crippen molar-refractivity contribution in [3.05, 3.63) is 29.6 Å². The van der Waals surface area contributed by atoms with E-state index in [1.54, 1.807) is 0 Å². The molecule has 1 saturated heterocycles. The van der Waals surface area contributed by atoms with E-state index in [4.69, 9.17) is 10.8 Å². The first-order chi connectivity index (χ1) is 8.33. The number of nitrogens with two attached hydrogens (primary N) is 1. The number of nitrogens with zero attached hydrogens (tertiary/aromatic N) is 1. The van der Waals surface area contributed by atoms with Crippen LogP contribution in [-0.2, 0) is 0 Å². The Bertz CT molecular complexity index is 482. The minimum Gasteiger partial charge on any atom is -0.508 e. The number of amides is 1. The topological polar surface area (TPSA) is 66.6 Å². The number of rotatable bonds is 2. The van der Waals surface area contributed by atoms with E-state index in [9.17, 15) is 9.18 Å². The summed E-state index contributed by atoms with van der Waals surface area (Å²) in [6, 6.07) is 3.53. The number of likely N-dealkylation sites (tertiary alicyclic amines) is 1. The molecule has 2 rings (SSSR count). The van der Waals surface area contributed by atoms with Gasteiger partial charge in [0.05, 0.1) is 11.1 Å². The van der Waals surface area contributed by atoms with Crippen LogP contribution in [0.2, 0.25) is 0 Å². The SMILES string of the molecule is CC(C)C1(N)CN(C(=O)c2ccc(O)cc2F)C1. The van der Waals surface area contributed by atoms with Crippen molar-refractivity contribution in [2.75, 3.05) is 13.1 Å². The molecule has 1 heterocycles. The second-order valence-corrected chi connectivity index (χ2v) is 5.21. The Labute approximate surface area is 105 Å². The molecule has 1 aromatic rings. The van der Waals surface area contributed by atoms with Crippen LogP contribution in [0.15, 0.2) is 18.2 Å². The first-order valence-corrected chi connectivity index (χ1v) is 5.90. The van der Waals surface area contributed by atoms with Gasteiger partial charge in [-0.1, -0.05) is 13.8 Å². The molecule has 18 heavy (non-hydrogen) atoms. The Morgan fingerprint density at radius 1 is 1.50 bits per heavy atom. The Morgan fingerprint density at radius 2 is 2.11 bits per heavy atom. The number of hydrogen-bond acceptors (Lipinski definition) is 3. The minimum atomic E-state index is -0.709. The van der Waals surface area contributed by atoms with Crippen LogP contribution in [0.3, 0.4) is 0 Å². The number of halogens is 1. The molecule has 0 atom stereocenters. The van der Waals surface area contributed by atoms with Crippen molar-refractivity contribution >= 4 is 5.91 Å². The molecule has 1 aliphatic heterocycles. The van der Waals surface area contributed by atoms with Crippen molar-refractivity contribution in [1.82, 2.24) is 4.90 Å². The van der Waals surface area contributed by atoms with Crippen molar-refractivity contribution in [2.45, 2.75) is 19.4 Å². The van der Waals surface area contributed by atoms with Gasteiger partial charge in [0.2, 0.25) is 0 Å². The predicted molar refractivity (Wildman–Crippen MR) is 65.7 cm³/mol. The summed E-state index contributed by atoms with van der Waals surface area (Å²) in [6.07, 6.45) is 0. The zero-order chi connectivity index (χ0) is 13.5. The quantitative estimate of drug-likeness (QED) is 0.834. The molecule has 0 saturated carbocycles. The van der Waals surface area contributed by atoms with Crippen molar-refractivity contribution in [3.63, 3.8) is 0 Å². The molecule has 1 aliphatic rings. The van der Waals surface area contributed by atoms with Crippen LogP contribution in [0.1, 0.15) is 24.2 Å². The summed E-state index contributed by atoms with van der Waals surface area (Å²) >= 11 is 0. The van der Waals surface area contributed by atoms with Gasteiger partial charge in [-0.05, 0) is 18.1 Å². The van der Waals surface area contributed by atoms with E-state index in [-0.39, 0.29) is 28.7 Å². The number of phenols is 1. The fourth-order valence-electron chi connectivity index (χ4n) is 2.02. The fourth-order valence-corrected chi connectivity index (χ4v) is 2.02. The maximum atomic E-state index is 13.5. The molecule has 1 amide bonds. The predicted octanol–water partition coefficient (Wildman–Crippen LogP) is 1.34. The third-order valence-electron chi connectivity index (χ3n) is 3.59. The molecule has 98 valence electrons. The summed E-state index contributed by atoms with van der Waals surface area (Å²) in [6.45, 7) is 4.87. The van der Waals surface area contributed by atoms with Gasteiger partial charge in [-0.25, -0.2) is 4.39 Å². The molecule has 0 aromatic heterocycles. The number of benzene rings is 1. The summed E-state index contributed by atoms with van der Waals surface area (Å²) in [4.78, 5) is 13.5. The Kier molecular flexibility index (Phi) is 3.02. The van der Waals surface area contributed by atoms with E-state index in [0.717, 1.165) is 6.07 Å². The van der Waals surface area contributed by atoms with E-state index < -0.39 is 5.82 Å². The maximum absolute atomic E-state index is 13.5. The number of carbonyl (C=O) groups is 1. The van der Waals surface area contributed by atoms with Gasteiger partial charge in [0.25, 0.3) is 5.91 Å². The van der Waals surface area contributed by atoms with Gasteiger partial charge in [0.15, 0.2) is 0 Å². The molecule has 0 spiro atoms. The lowest BCUT2D eigenvalue weighted by Gasteiger charge is -2.50. The molecule has 5 heteroatoms. The Balaban J connectivity index is 2.11. The van der Waals surface area contributed by atoms with Crippen LogP contribution in [-0.4, -0.2) is 34.5 Å². The van der Waals surface area contributed by atoms with Gasteiger partial charge >= 0.3 is 0 Å². The van der Waals surface area contributed by atoms with E-state index >= 15 is 0 Å². The maximum Gasteiger partial charge on any atom is 0.256 e. The van der Waals surface area contributed by atoms with Crippen molar-refractivity contribution in [3.8, 4) is 5.75 Å². The van der Waals surface area contributed by atoms with Crippen molar-refractivity contribution < 1.29 is 14.3 Å².